The van der Waals surface area contributed by atoms with Crippen LogP contribution in [-0.2, 0) is 0 Å². The van der Waals surface area contributed by atoms with Crippen molar-refractivity contribution in [1.29, 1.82) is 0 Å². The summed E-state index contributed by atoms with van der Waals surface area (Å²) in [7, 11) is 0. The molecule has 0 unspecified atom stereocenters. The first kappa shape index (κ1) is 9.12. The van der Waals surface area contributed by atoms with Gasteiger partial charge in [-0.25, -0.2) is 4.98 Å². The van der Waals surface area contributed by atoms with Crippen molar-refractivity contribution in [3.05, 3.63) is 23.7 Å². The van der Waals surface area contributed by atoms with Gasteiger partial charge in [0.2, 0.25) is 0 Å². The fraction of sp³-hybridized carbons (Fsp3) is 0.364. The number of nitrogens with one attached hydrogen (secondary N) is 1. The third-order valence-electron chi connectivity index (χ3n) is 2.80. The van der Waals surface area contributed by atoms with Crippen LogP contribution >= 0.6 is 11.3 Å². The van der Waals surface area contributed by atoms with Crippen LogP contribution in [0.3, 0.4) is 0 Å². The first-order valence-electron chi connectivity index (χ1n) is 5.23. The number of para-hydroxylation sites is 1. The molecule has 0 atom stereocenters. The fourth-order valence-corrected chi connectivity index (χ4v) is 2.73. The third-order valence-corrected chi connectivity index (χ3v) is 3.59. The summed E-state index contributed by atoms with van der Waals surface area (Å²) in [6.07, 6.45) is 0. The second-order valence-electron chi connectivity index (χ2n) is 3.71. The number of hydrogen-bond acceptors (Lipinski definition) is 4. The Kier molecular flexibility index (Phi) is 2.31. The first-order valence-corrected chi connectivity index (χ1v) is 6.11. The summed E-state index contributed by atoms with van der Waals surface area (Å²) in [5, 5.41) is 3.37. The maximum Gasteiger partial charge on any atom is 0.104 e. The van der Waals surface area contributed by atoms with Gasteiger partial charge in [0.25, 0.3) is 0 Å². The van der Waals surface area contributed by atoms with Crippen molar-refractivity contribution in [3.8, 4) is 0 Å². The van der Waals surface area contributed by atoms with Crippen molar-refractivity contribution >= 4 is 27.2 Å². The Morgan fingerprint density at radius 2 is 2.13 bits per heavy atom. The lowest BCUT2D eigenvalue weighted by atomic mass is 10.2. The van der Waals surface area contributed by atoms with Crippen molar-refractivity contribution < 1.29 is 0 Å². The van der Waals surface area contributed by atoms with Crippen LogP contribution in [0.15, 0.2) is 23.7 Å². The van der Waals surface area contributed by atoms with Crippen LogP contribution in [0.1, 0.15) is 0 Å². The third kappa shape index (κ3) is 1.60. The Morgan fingerprint density at radius 1 is 1.27 bits per heavy atom. The monoisotopic (exact) mass is 219 g/mol. The minimum absolute atomic E-state index is 1.07. The molecule has 1 N–H and O–H groups in total. The Labute approximate surface area is 92.7 Å². The fourth-order valence-electron chi connectivity index (χ4n) is 2.03. The molecule has 0 aliphatic carbocycles. The highest BCUT2D eigenvalue weighted by Gasteiger charge is 2.13. The molecule has 2 aromatic rings. The number of benzene rings is 1. The van der Waals surface area contributed by atoms with Gasteiger partial charge in [-0.15, -0.1) is 11.3 Å². The molecule has 3 nitrogen and oxygen atoms in total. The van der Waals surface area contributed by atoms with E-state index in [1.807, 2.05) is 5.51 Å². The predicted octanol–water partition coefficient (Wildman–Crippen LogP) is 1.71. The molecule has 0 spiro atoms. The van der Waals surface area contributed by atoms with Crippen LogP contribution < -0.4 is 10.2 Å². The number of rotatable bonds is 1. The zero-order valence-corrected chi connectivity index (χ0v) is 9.26. The minimum atomic E-state index is 1.07. The highest BCUT2D eigenvalue weighted by Crippen LogP contribution is 2.28. The average molecular weight is 219 g/mol. The van der Waals surface area contributed by atoms with Crippen molar-refractivity contribution in [3.63, 3.8) is 0 Å². The Bertz CT molecular complexity index is 460. The van der Waals surface area contributed by atoms with Gasteiger partial charge in [-0.05, 0) is 12.1 Å². The average Bonchev–Trinajstić information content (AvgIpc) is 2.78. The first-order chi connectivity index (χ1) is 7.45. The minimum Gasteiger partial charge on any atom is -0.367 e. The predicted molar refractivity (Wildman–Crippen MR) is 64.7 cm³/mol. The molecule has 1 aliphatic rings. The lowest BCUT2D eigenvalue weighted by Crippen LogP contribution is -2.43. The Balaban J connectivity index is 2.05. The normalized spacial score (nSPS) is 17.2. The van der Waals surface area contributed by atoms with E-state index in [1.54, 1.807) is 11.3 Å². The van der Waals surface area contributed by atoms with Gasteiger partial charge < -0.3 is 10.2 Å². The molecule has 0 radical (unpaired) electrons. The molecule has 15 heavy (non-hydrogen) atoms. The van der Waals surface area contributed by atoms with Gasteiger partial charge in [-0.3, -0.25) is 0 Å². The largest absolute Gasteiger partial charge is 0.367 e. The molecule has 1 saturated heterocycles. The number of piperazine rings is 1. The smallest absolute Gasteiger partial charge is 0.104 e. The molecule has 0 bridgehead atoms. The number of fused-ring (bicyclic) bond motifs is 1. The van der Waals surface area contributed by atoms with E-state index < -0.39 is 0 Å². The molecule has 1 fully saturated rings. The van der Waals surface area contributed by atoms with Crippen LogP contribution in [-0.4, -0.2) is 31.2 Å². The van der Waals surface area contributed by atoms with Crippen LogP contribution in [0.25, 0.3) is 10.2 Å². The van der Waals surface area contributed by atoms with Gasteiger partial charge in [0, 0.05) is 26.2 Å². The van der Waals surface area contributed by atoms with Gasteiger partial charge in [0.05, 0.1) is 15.9 Å². The molecule has 78 valence electrons. The number of thiazole rings is 1. The maximum atomic E-state index is 4.45. The highest BCUT2D eigenvalue weighted by molar-refractivity contribution is 7.16. The Morgan fingerprint density at radius 3 is 3.00 bits per heavy atom. The summed E-state index contributed by atoms with van der Waals surface area (Å²) < 4.78 is 1.28. The van der Waals surface area contributed by atoms with Crippen molar-refractivity contribution in [2.45, 2.75) is 0 Å². The van der Waals surface area contributed by atoms with E-state index in [4.69, 9.17) is 0 Å². The van der Waals surface area contributed by atoms with E-state index in [0.717, 1.165) is 31.7 Å². The molecular weight excluding hydrogens is 206 g/mol. The second kappa shape index (κ2) is 3.79. The van der Waals surface area contributed by atoms with Crippen LogP contribution in [0.2, 0.25) is 0 Å². The highest BCUT2D eigenvalue weighted by atomic mass is 32.1. The quantitative estimate of drug-likeness (QED) is 0.791. The summed E-state index contributed by atoms with van der Waals surface area (Å²) >= 11 is 1.71. The summed E-state index contributed by atoms with van der Waals surface area (Å²) in [6.45, 7) is 4.30. The van der Waals surface area contributed by atoms with E-state index in [2.05, 4.69) is 33.4 Å². The molecule has 4 heteroatoms. The van der Waals surface area contributed by atoms with Crippen molar-refractivity contribution in [1.82, 2.24) is 10.3 Å². The van der Waals surface area contributed by atoms with E-state index >= 15 is 0 Å². The van der Waals surface area contributed by atoms with Crippen LogP contribution in [0, 0.1) is 0 Å². The van der Waals surface area contributed by atoms with E-state index in [-0.39, 0.29) is 0 Å². The summed E-state index contributed by atoms with van der Waals surface area (Å²) in [6, 6.07) is 6.43. The van der Waals surface area contributed by atoms with Gasteiger partial charge in [-0.2, -0.15) is 0 Å². The van der Waals surface area contributed by atoms with E-state index in [0.29, 0.717) is 0 Å². The lowest BCUT2D eigenvalue weighted by Gasteiger charge is -2.29. The van der Waals surface area contributed by atoms with Gasteiger partial charge >= 0.3 is 0 Å². The molecule has 1 aromatic heterocycles. The van der Waals surface area contributed by atoms with Crippen molar-refractivity contribution in [2.24, 2.45) is 0 Å². The number of aromatic nitrogens is 1. The molecule has 0 saturated carbocycles. The van der Waals surface area contributed by atoms with Crippen LogP contribution in [0.5, 0.6) is 0 Å². The summed E-state index contributed by atoms with van der Waals surface area (Å²) in [5.74, 6) is 0. The zero-order chi connectivity index (χ0) is 10.1. The summed E-state index contributed by atoms with van der Waals surface area (Å²) in [5.41, 5.74) is 4.37. The SMILES string of the molecule is c1cc(N2CCNCC2)c2ncsc2c1. The topological polar surface area (TPSA) is 28.2 Å². The summed E-state index contributed by atoms with van der Waals surface area (Å²) in [4.78, 5) is 6.87. The molecule has 2 heterocycles. The van der Waals surface area contributed by atoms with E-state index in [1.165, 1.54) is 10.4 Å². The number of nitrogens with zero attached hydrogens (tertiary/aromatic N) is 2. The molecule has 0 amide bonds. The van der Waals surface area contributed by atoms with Crippen LogP contribution in [0.4, 0.5) is 5.69 Å². The maximum absolute atomic E-state index is 4.45. The number of hydrogen-bond donors (Lipinski definition) is 1. The molecule has 1 aromatic carbocycles. The second-order valence-corrected chi connectivity index (χ2v) is 4.60. The van der Waals surface area contributed by atoms with E-state index in [9.17, 15) is 0 Å². The van der Waals surface area contributed by atoms with Crippen molar-refractivity contribution in [2.75, 3.05) is 31.1 Å². The molecular formula is C11H13N3S. The number of anilines is 1. The zero-order valence-electron chi connectivity index (χ0n) is 8.44. The van der Waals surface area contributed by atoms with Gasteiger partial charge in [0.15, 0.2) is 0 Å². The van der Waals surface area contributed by atoms with Gasteiger partial charge in [0.1, 0.15) is 5.52 Å². The Hall–Kier alpha value is -1.13. The standard InChI is InChI=1S/C11H13N3S/c1-2-9(14-6-4-12-5-7-14)11-10(3-1)15-8-13-11/h1-3,8,12H,4-7H2. The lowest BCUT2D eigenvalue weighted by molar-refractivity contribution is 0.590. The van der Waals surface area contributed by atoms with Gasteiger partial charge in [-0.1, -0.05) is 6.07 Å². The molecule has 1 aliphatic heterocycles. The molecule has 3 rings (SSSR count).